The first-order chi connectivity index (χ1) is 15.4. The second kappa shape index (κ2) is 16.4. The predicted octanol–water partition coefficient (Wildman–Crippen LogP) is 4.44. The van der Waals surface area contributed by atoms with E-state index < -0.39 is 0 Å². The number of aromatic nitrogens is 2. The Kier molecular flexibility index (Phi) is 13.4. The number of pyridine rings is 2. The van der Waals surface area contributed by atoms with Gasteiger partial charge in [0.05, 0.1) is 6.20 Å². The van der Waals surface area contributed by atoms with E-state index in [-0.39, 0.29) is 12.4 Å². The number of unbranched alkanes of at least 4 members (excludes halogenated alkanes) is 10. The van der Waals surface area contributed by atoms with Crippen molar-refractivity contribution >= 4 is 0 Å². The van der Waals surface area contributed by atoms with Gasteiger partial charge in [0.2, 0.25) is 0 Å². The molecule has 0 spiro atoms. The van der Waals surface area contributed by atoms with Crippen molar-refractivity contribution in [2.75, 3.05) is 0 Å². The molecule has 3 heteroatoms. The highest BCUT2D eigenvalue weighted by Crippen LogP contribution is 2.13. The van der Waals surface area contributed by atoms with Gasteiger partial charge >= 0.3 is 5.82 Å². The van der Waals surface area contributed by atoms with Crippen LogP contribution in [0.1, 0.15) is 81.9 Å². The fourth-order valence-corrected chi connectivity index (χ4v) is 4.27. The second-order valence-electron chi connectivity index (χ2n) is 8.62. The van der Waals surface area contributed by atoms with Crippen LogP contribution in [0.5, 0.6) is 0 Å². The molecule has 0 aliphatic heterocycles. The van der Waals surface area contributed by atoms with Crippen molar-refractivity contribution < 1.29 is 17.0 Å². The van der Waals surface area contributed by atoms with Crippen LogP contribution in [0.25, 0.3) is 5.82 Å². The van der Waals surface area contributed by atoms with Gasteiger partial charge in [-0.1, -0.05) is 100 Å². The molecule has 0 saturated carbocycles. The van der Waals surface area contributed by atoms with E-state index in [1.165, 1.54) is 88.3 Å². The van der Waals surface area contributed by atoms with Gasteiger partial charge < -0.3 is 12.4 Å². The van der Waals surface area contributed by atoms with Crippen LogP contribution in [0.3, 0.4) is 0 Å². The van der Waals surface area contributed by atoms with Crippen molar-refractivity contribution in [1.82, 2.24) is 4.98 Å². The molecule has 0 amide bonds. The highest BCUT2D eigenvalue weighted by atomic mass is 35.5. The first kappa shape index (κ1) is 26.1. The minimum absolute atomic E-state index is 0. The maximum Gasteiger partial charge on any atom is 0.327 e. The maximum absolute atomic E-state index is 4.50. The molecule has 0 unspecified atom stereocenters. The molecule has 2 heterocycles. The van der Waals surface area contributed by atoms with Crippen LogP contribution in [0.2, 0.25) is 0 Å². The molecule has 3 aromatic rings. The van der Waals surface area contributed by atoms with Crippen molar-refractivity contribution in [2.24, 2.45) is 0 Å². The maximum atomic E-state index is 4.50. The van der Waals surface area contributed by atoms with Crippen molar-refractivity contribution in [1.29, 1.82) is 0 Å². The first-order valence-electron chi connectivity index (χ1n) is 12.4. The molecule has 2 nitrogen and oxygen atoms in total. The van der Waals surface area contributed by atoms with Gasteiger partial charge in [0.25, 0.3) is 0 Å². The van der Waals surface area contributed by atoms with Crippen LogP contribution in [0.15, 0.2) is 79.1 Å². The van der Waals surface area contributed by atoms with Gasteiger partial charge in [-0.05, 0) is 48.0 Å². The average molecular weight is 451 g/mol. The lowest BCUT2D eigenvalue weighted by Crippen LogP contribution is -3.00. The van der Waals surface area contributed by atoms with Crippen molar-refractivity contribution in [3.05, 3.63) is 90.4 Å². The number of rotatable bonds is 15. The summed E-state index contributed by atoms with van der Waals surface area (Å²) in [6.45, 7) is 0. The molecular weight excluding hydrogens is 412 g/mol. The van der Waals surface area contributed by atoms with E-state index in [1.807, 2.05) is 12.3 Å². The summed E-state index contributed by atoms with van der Waals surface area (Å²) in [4.78, 5) is 4.50. The van der Waals surface area contributed by atoms with Crippen LogP contribution >= 0.6 is 0 Å². The van der Waals surface area contributed by atoms with Gasteiger partial charge in [0.1, 0.15) is 11.9 Å². The summed E-state index contributed by atoms with van der Waals surface area (Å²) in [6.07, 6.45) is 21.5. The third-order valence-electron chi connectivity index (χ3n) is 6.08. The number of nitrogens with zero attached hydrogens (tertiary/aromatic N) is 2. The average Bonchev–Trinajstić information content (AvgIpc) is 2.83. The molecule has 0 bridgehead atoms. The van der Waals surface area contributed by atoms with Crippen LogP contribution in [0.4, 0.5) is 0 Å². The summed E-state index contributed by atoms with van der Waals surface area (Å²) in [5.41, 5.74) is 2.84. The molecule has 172 valence electrons. The van der Waals surface area contributed by atoms with Crippen LogP contribution in [0, 0.1) is 0 Å². The van der Waals surface area contributed by atoms with E-state index in [4.69, 9.17) is 0 Å². The smallest absolute Gasteiger partial charge is 0.327 e. The zero-order chi connectivity index (χ0) is 21.4. The Morgan fingerprint density at radius 1 is 0.531 bits per heavy atom. The Balaban J connectivity index is 0.00000363. The lowest BCUT2D eigenvalue weighted by molar-refractivity contribution is -0.608. The van der Waals surface area contributed by atoms with Gasteiger partial charge in [-0.3, -0.25) is 0 Å². The summed E-state index contributed by atoms with van der Waals surface area (Å²) < 4.78 is 2.22. The highest BCUT2D eigenvalue weighted by Gasteiger charge is 2.10. The molecule has 32 heavy (non-hydrogen) atoms. The quantitative estimate of drug-likeness (QED) is 0.247. The fourth-order valence-electron chi connectivity index (χ4n) is 4.27. The molecule has 0 aliphatic carbocycles. The van der Waals surface area contributed by atoms with E-state index in [9.17, 15) is 0 Å². The van der Waals surface area contributed by atoms with Gasteiger partial charge in [0, 0.05) is 12.5 Å². The molecule has 3 rings (SSSR count). The van der Waals surface area contributed by atoms with Gasteiger partial charge in [-0.25, -0.2) is 4.57 Å². The monoisotopic (exact) mass is 450 g/mol. The molecule has 0 radical (unpaired) electrons. The molecule has 0 fully saturated rings. The fraction of sp³-hybridized carbons (Fsp3) is 0.448. The minimum atomic E-state index is 0. The highest BCUT2D eigenvalue weighted by molar-refractivity contribution is 5.14. The summed E-state index contributed by atoms with van der Waals surface area (Å²) in [7, 11) is 0. The number of hydrogen-bond acceptors (Lipinski definition) is 1. The number of halogens is 1. The first-order valence-corrected chi connectivity index (χ1v) is 12.4. The van der Waals surface area contributed by atoms with E-state index in [2.05, 4.69) is 76.4 Å². The molecule has 0 N–H and O–H groups in total. The number of benzene rings is 1. The summed E-state index contributed by atoms with van der Waals surface area (Å²) >= 11 is 0. The third-order valence-corrected chi connectivity index (χ3v) is 6.08. The molecule has 0 saturated heterocycles. The Hall–Kier alpha value is -2.19. The molecule has 0 atom stereocenters. The summed E-state index contributed by atoms with van der Waals surface area (Å²) in [5.74, 6) is 1.01. The predicted molar refractivity (Wildman–Crippen MR) is 130 cm³/mol. The van der Waals surface area contributed by atoms with Gasteiger partial charge in [-0.15, -0.1) is 0 Å². The van der Waals surface area contributed by atoms with Gasteiger partial charge in [-0.2, -0.15) is 0 Å². The number of hydrogen-bond donors (Lipinski definition) is 0. The van der Waals surface area contributed by atoms with E-state index in [1.54, 1.807) is 0 Å². The number of aryl methyl sites for hydroxylation is 2. The normalized spacial score (nSPS) is 10.6. The minimum Gasteiger partial charge on any atom is -1.00 e. The molecule has 1 aromatic carbocycles. The Morgan fingerprint density at radius 3 is 1.72 bits per heavy atom. The lowest BCUT2D eigenvalue weighted by atomic mass is 10.0. The zero-order valence-corrected chi connectivity index (χ0v) is 20.2. The Bertz CT molecular complexity index is 836. The molecule has 0 aliphatic rings. The Morgan fingerprint density at radius 2 is 1.09 bits per heavy atom. The second-order valence-corrected chi connectivity index (χ2v) is 8.62. The topological polar surface area (TPSA) is 16.8 Å². The van der Waals surface area contributed by atoms with Crippen molar-refractivity contribution in [3.8, 4) is 5.82 Å². The lowest BCUT2D eigenvalue weighted by Gasteiger charge is -2.06. The summed E-state index contributed by atoms with van der Waals surface area (Å²) in [5, 5.41) is 0. The third kappa shape index (κ3) is 9.96. The van der Waals surface area contributed by atoms with E-state index in [0.717, 1.165) is 12.2 Å². The largest absolute Gasteiger partial charge is 1.00 e. The SMILES string of the molecule is [Cl-].c1ccc(CCCCCCCCCCCCCc2cccc[n+]2-c2ccccn2)cc1. The molecular formula is C29H39ClN2. The zero-order valence-electron chi connectivity index (χ0n) is 19.5. The summed E-state index contributed by atoms with van der Waals surface area (Å²) in [6, 6.07) is 23.4. The van der Waals surface area contributed by atoms with Crippen LogP contribution in [-0.4, -0.2) is 4.98 Å². The standard InChI is InChI=1S/C29H39N2.ClH/c1(2-4-6-8-11-19-27-20-12-10-13-21-27)3-5-7-9-14-22-28-23-16-18-26-31(28)29-24-15-17-25-30-29;/h10,12-13,15-18,20-21,23-26H,1-9,11,14,19,22H2;1H/q+1;/p-1. The van der Waals surface area contributed by atoms with Crippen LogP contribution in [-0.2, 0) is 12.8 Å². The van der Waals surface area contributed by atoms with Crippen molar-refractivity contribution in [3.63, 3.8) is 0 Å². The van der Waals surface area contributed by atoms with Crippen LogP contribution < -0.4 is 17.0 Å². The van der Waals surface area contributed by atoms with E-state index in [0.29, 0.717) is 0 Å². The van der Waals surface area contributed by atoms with Gasteiger partial charge in [0.15, 0.2) is 0 Å². The van der Waals surface area contributed by atoms with E-state index >= 15 is 0 Å². The van der Waals surface area contributed by atoms with Crippen molar-refractivity contribution in [2.45, 2.75) is 83.5 Å². The molecule has 2 aromatic heterocycles. The Labute approximate surface area is 201 Å².